The minimum Gasteiger partial charge on any atom is -0.341 e. The van der Waals surface area contributed by atoms with Gasteiger partial charge in [0.2, 0.25) is 5.92 Å². The van der Waals surface area contributed by atoms with Crippen LogP contribution in [0.4, 0.5) is 13.6 Å². The molecule has 2 N–H and O–H groups in total. The molecule has 1 unspecified atom stereocenters. The van der Waals surface area contributed by atoms with E-state index in [1.807, 2.05) is 0 Å². The van der Waals surface area contributed by atoms with Crippen LogP contribution in [0.1, 0.15) is 19.3 Å². The molecule has 0 spiro atoms. The van der Waals surface area contributed by atoms with Gasteiger partial charge in [0.25, 0.3) is 0 Å². The van der Waals surface area contributed by atoms with Crippen molar-refractivity contribution in [1.29, 1.82) is 0 Å². The largest absolute Gasteiger partial charge is 0.341 e. The SMILES string of the molecule is CNC(=O)NC1CCC(F)(F)C1. The molecule has 0 heterocycles. The molecule has 0 aromatic heterocycles. The quantitative estimate of drug-likeness (QED) is 0.620. The van der Waals surface area contributed by atoms with Gasteiger partial charge in [0.05, 0.1) is 0 Å². The molecule has 1 atom stereocenters. The van der Waals surface area contributed by atoms with E-state index in [1.54, 1.807) is 0 Å². The number of rotatable bonds is 1. The van der Waals surface area contributed by atoms with Gasteiger partial charge in [-0.3, -0.25) is 0 Å². The average molecular weight is 178 g/mol. The van der Waals surface area contributed by atoms with Crippen LogP contribution in [0.25, 0.3) is 0 Å². The number of carbonyl (C=O) groups excluding carboxylic acids is 1. The second-order valence-electron chi connectivity index (χ2n) is 3.02. The molecule has 1 fully saturated rings. The Morgan fingerprint density at radius 1 is 1.58 bits per heavy atom. The van der Waals surface area contributed by atoms with E-state index in [4.69, 9.17) is 0 Å². The van der Waals surface area contributed by atoms with E-state index in [0.29, 0.717) is 6.42 Å². The molecule has 0 aromatic rings. The van der Waals surface area contributed by atoms with Gasteiger partial charge in [-0.1, -0.05) is 0 Å². The summed E-state index contributed by atoms with van der Waals surface area (Å²) in [6.45, 7) is 0. The summed E-state index contributed by atoms with van der Waals surface area (Å²) in [6, 6.07) is -0.766. The number of nitrogens with one attached hydrogen (secondary N) is 2. The zero-order chi connectivity index (χ0) is 9.19. The Kier molecular flexibility index (Phi) is 2.49. The van der Waals surface area contributed by atoms with Crippen molar-refractivity contribution in [1.82, 2.24) is 10.6 Å². The molecule has 0 aliphatic heterocycles. The Morgan fingerprint density at radius 2 is 2.25 bits per heavy atom. The van der Waals surface area contributed by atoms with E-state index >= 15 is 0 Å². The molecule has 0 aromatic carbocycles. The van der Waals surface area contributed by atoms with E-state index < -0.39 is 12.0 Å². The Balaban J connectivity index is 2.33. The summed E-state index contributed by atoms with van der Waals surface area (Å²) >= 11 is 0. The molecule has 12 heavy (non-hydrogen) atoms. The molecule has 1 rings (SSSR count). The second-order valence-corrected chi connectivity index (χ2v) is 3.02. The number of carbonyl (C=O) groups is 1. The van der Waals surface area contributed by atoms with Gasteiger partial charge >= 0.3 is 6.03 Å². The van der Waals surface area contributed by atoms with Gasteiger partial charge < -0.3 is 10.6 Å². The Labute approximate surface area is 69.5 Å². The molecule has 0 radical (unpaired) electrons. The fourth-order valence-electron chi connectivity index (χ4n) is 1.33. The predicted octanol–water partition coefficient (Wildman–Crippen LogP) is 1.10. The second kappa shape index (κ2) is 3.25. The summed E-state index contributed by atoms with van der Waals surface area (Å²) in [4.78, 5) is 10.7. The molecule has 3 nitrogen and oxygen atoms in total. The Morgan fingerprint density at radius 3 is 2.67 bits per heavy atom. The van der Waals surface area contributed by atoms with Gasteiger partial charge in [0.1, 0.15) is 0 Å². The standard InChI is InChI=1S/C7H12F2N2O/c1-10-6(12)11-5-2-3-7(8,9)4-5/h5H,2-4H2,1H3,(H2,10,11,12). The van der Waals surface area contributed by atoms with Gasteiger partial charge in [0.15, 0.2) is 0 Å². The van der Waals surface area contributed by atoms with E-state index in [-0.39, 0.29) is 18.9 Å². The molecule has 70 valence electrons. The fraction of sp³-hybridized carbons (Fsp3) is 0.857. The summed E-state index contributed by atoms with van der Waals surface area (Å²) < 4.78 is 25.2. The van der Waals surface area contributed by atoms with Crippen molar-refractivity contribution in [2.75, 3.05) is 7.05 Å². The maximum Gasteiger partial charge on any atom is 0.314 e. The van der Waals surface area contributed by atoms with Crippen LogP contribution in [0.15, 0.2) is 0 Å². The van der Waals surface area contributed by atoms with Crippen molar-refractivity contribution >= 4 is 6.03 Å². The monoisotopic (exact) mass is 178 g/mol. The lowest BCUT2D eigenvalue weighted by molar-refractivity contribution is 0.00732. The zero-order valence-electron chi connectivity index (χ0n) is 6.86. The highest BCUT2D eigenvalue weighted by Crippen LogP contribution is 2.34. The van der Waals surface area contributed by atoms with Crippen molar-refractivity contribution in [2.45, 2.75) is 31.2 Å². The average Bonchev–Trinajstić information content (AvgIpc) is 2.30. The summed E-state index contributed by atoms with van der Waals surface area (Å²) in [7, 11) is 1.46. The Hall–Kier alpha value is -0.870. The topological polar surface area (TPSA) is 41.1 Å². The van der Waals surface area contributed by atoms with Crippen LogP contribution < -0.4 is 10.6 Å². The summed E-state index contributed by atoms with van der Waals surface area (Å²) in [6.07, 6.45) is 0.00248. The number of hydrogen-bond donors (Lipinski definition) is 2. The van der Waals surface area contributed by atoms with Crippen LogP contribution in [-0.2, 0) is 0 Å². The molecule has 0 bridgehead atoms. The highest BCUT2D eigenvalue weighted by molar-refractivity contribution is 5.73. The van der Waals surface area contributed by atoms with Crippen molar-refractivity contribution in [3.63, 3.8) is 0 Å². The van der Waals surface area contributed by atoms with Crippen LogP contribution in [0.2, 0.25) is 0 Å². The van der Waals surface area contributed by atoms with Gasteiger partial charge in [0, 0.05) is 25.9 Å². The number of alkyl halides is 2. The first-order valence-corrected chi connectivity index (χ1v) is 3.89. The van der Waals surface area contributed by atoms with Crippen molar-refractivity contribution in [2.24, 2.45) is 0 Å². The lowest BCUT2D eigenvalue weighted by Gasteiger charge is -2.11. The van der Waals surface area contributed by atoms with Crippen LogP contribution in [-0.4, -0.2) is 25.0 Å². The highest BCUT2D eigenvalue weighted by Gasteiger charge is 2.39. The fourth-order valence-corrected chi connectivity index (χ4v) is 1.33. The van der Waals surface area contributed by atoms with Crippen LogP contribution in [0, 0.1) is 0 Å². The van der Waals surface area contributed by atoms with E-state index in [2.05, 4.69) is 10.6 Å². The van der Waals surface area contributed by atoms with E-state index in [0.717, 1.165) is 0 Å². The third kappa shape index (κ3) is 2.32. The number of urea groups is 1. The molecule has 5 heteroatoms. The predicted molar refractivity (Wildman–Crippen MR) is 40.2 cm³/mol. The first-order valence-electron chi connectivity index (χ1n) is 3.89. The van der Waals surface area contributed by atoms with E-state index in [9.17, 15) is 13.6 Å². The maximum atomic E-state index is 12.6. The van der Waals surface area contributed by atoms with E-state index in [1.165, 1.54) is 7.05 Å². The van der Waals surface area contributed by atoms with Crippen LogP contribution in [0.3, 0.4) is 0 Å². The smallest absolute Gasteiger partial charge is 0.314 e. The highest BCUT2D eigenvalue weighted by atomic mass is 19.3. The van der Waals surface area contributed by atoms with Crippen molar-refractivity contribution in [3.05, 3.63) is 0 Å². The number of halogens is 2. The first kappa shape index (κ1) is 9.22. The molecule has 2 amide bonds. The normalized spacial score (nSPS) is 26.8. The summed E-state index contributed by atoms with van der Waals surface area (Å²) in [5.41, 5.74) is 0. The molecule has 0 saturated heterocycles. The third-order valence-electron chi connectivity index (χ3n) is 1.97. The maximum absolute atomic E-state index is 12.6. The lowest BCUT2D eigenvalue weighted by Crippen LogP contribution is -2.39. The lowest BCUT2D eigenvalue weighted by atomic mass is 10.2. The summed E-state index contributed by atoms with van der Waals surface area (Å²) in [5.74, 6) is -2.59. The molecular formula is C7H12F2N2O. The van der Waals surface area contributed by atoms with Crippen LogP contribution >= 0.6 is 0 Å². The molecule has 1 saturated carbocycles. The molecule has 1 aliphatic carbocycles. The number of hydrogen-bond acceptors (Lipinski definition) is 1. The van der Waals surface area contributed by atoms with Gasteiger partial charge in [-0.25, -0.2) is 13.6 Å². The zero-order valence-corrected chi connectivity index (χ0v) is 6.86. The van der Waals surface area contributed by atoms with Crippen LogP contribution in [0.5, 0.6) is 0 Å². The Bertz CT molecular complexity index is 184. The molecular weight excluding hydrogens is 166 g/mol. The van der Waals surface area contributed by atoms with Gasteiger partial charge in [-0.15, -0.1) is 0 Å². The summed E-state index contributed by atoms with van der Waals surface area (Å²) in [5, 5.41) is 4.78. The van der Waals surface area contributed by atoms with Crippen molar-refractivity contribution in [3.8, 4) is 0 Å². The van der Waals surface area contributed by atoms with Crippen molar-refractivity contribution < 1.29 is 13.6 Å². The van der Waals surface area contributed by atoms with Gasteiger partial charge in [-0.2, -0.15) is 0 Å². The minimum atomic E-state index is -2.59. The van der Waals surface area contributed by atoms with Gasteiger partial charge in [-0.05, 0) is 6.42 Å². The molecule has 1 aliphatic rings. The first-order chi connectivity index (χ1) is 5.53. The number of amides is 2. The minimum absolute atomic E-state index is 0.123. The third-order valence-corrected chi connectivity index (χ3v) is 1.97.